The number of hydrogen-bond acceptors (Lipinski definition) is 6. The van der Waals surface area contributed by atoms with E-state index in [-0.39, 0.29) is 0 Å². The van der Waals surface area contributed by atoms with Crippen LogP contribution in [-0.2, 0) is 4.79 Å². The fourth-order valence-corrected chi connectivity index (χ4v) is 6.04. The van der Waals surface area contributed by atoms with E-state index in [0.29, 0.717) is 5.82 Å². The average molecular weight is 503 g/mol. The van der Waals surface area contributed by atoms with Gasteiger partial charge in [-0.2, -0.15) is 0 Å². The van der Waals surface area contributed by atoms with Gasteiger partial charge in [0.1, 0.15) is 16.9 Å². The molecule has 4 aromatic rings. The Hall–Kier alpha value is -3.23. The Morgan fingerprint density at radius 3 is 2.20 bits per heavy atom. The molecule has 35 heavy (non-hydrogen) atoms. The van der Waals surface area contributed by atoms with Crippen molar-refractivity contribution in [2.24, 2.45) is 10.9 Å². The van der Waals surface area contributed by atoms with Crippen molar-refractivity contribution in [2.45, 2.75) is 38.6 Å². The molecule has 0 radical (unpaired) electrons. The number of carbonyl (C=O) groups is 1. The van der Waals surface area contributed by atoms with Crippen LogP contribution >= 0.6 is 23.1 Å². The minimum absolute atomic E-state index is 0.570. The van der Waals surface area contributed by atoms with Gasteiger partial charge in [0.15, 0.2) is 5.82 Å². The summed E-state index contributed by atoms with van der Waals surface area (Å²) in [6.07, 6.45) is 2.07. The molecule has 3 heterocycles. The molecule has 0 spiro atoms. The summed E-state index contributed by atoms with van der Waals surface area (Å²) in [4.78, 5) is 19.5. The van der Waals surface area contributed by atoms with Crippen molar-refractivity contribution in [1.82, 2.24) is 14.8 Å². The Labute approximate surface area is 212 Å². The van der Waals surface area contributed by atoms with Crippen LogP contribution in [0.15, 0.2) is 58.4 Å². The van der Waals surface area contributed by atoms with Crippen molar-refractivity contribution in [3.63, 3.8) is 0 Å². The predicted octanol–water partition coefficient (Wildman–Crippen LogP) is 6.26. The highest BCUT2D eigenvalue weighted by Crippen LogP contribution is 2.40. The van der Waals surface area contributed by atoms with Crippen molar-refractivity contribution < 1.29 is 9.90 Å². The summed E-state index contributed by atoms with van der Waals surface area (Å²) < 4.78 is 1.99. The van der Waals surface area contributed by atoms with Crippen molar-refractivity contribution in [3.05, 3.63) is 81.7 Å². The number of benzene rings is 2. The van der Waals surface area contributed by atoms with E-state index in [1.54, 1.807) is 30.0 Å². The highest BCUT2D eigenvalue weighted by atomic mass is 32.2. The number of aliphatic carboxylic acids is 1. The number of hydrogen-bond donors (Lipinski definition) is 1. The largest absolute Gasteiger partial charge is 0.481 e. The maximum absolute atomic E-state index is 12.0. The summed E-state index contributed by atoms with van der Waals surface area (Å²) in [5.74, 6) is -0.365. The fourth-order valence-electron chi connectivity index (χ4n) is 4.42. The van der Waals surface area contributed by atoms with E-state index < -0.39 is 17.9 Å². The molecule has 0 bridgehead atoms. The molecule has 6 nitrogen and oxygen atoms in total. The molecule has 178 valence electrons. The summed E-state index contributed by atoms with van der Waals surface area (Å²) in [6.45, 7) is 7.78. The van der Waals surface area contributed by atoms with Gasteiger partial charge >= 0.3 is 5.97 Å². The summed E-state index contributed by atoms with van der Waals surface area (Å²) >= 11 is 3.39. The van der Waals surface area contributed by atoms with Crippen LogP contribution in [0.5, 0.6) is 0 Å². The lowest BCUT2D eigenvalue weighted by atomic mass is 9.96. The third-order valence-electron chi connectivity index (χ3n) is 6.63. The van der Waals surface area contributed by atoms with E-state index in [1.807, 2.05) is 11.5 Å². The van der Waals surface area contributed by atoms with Gasteiger partial charge in [0.25, 0.3) is 0 Å². The summed E-state index contributed by atoms with van der Waals surface area (Å²) in [5.41, 5.74) is 6.19. The summed E-state index contributed by atoms with van der Waals surface area (Å²) in [5, 5.41) is 19.5. The van der Waals surface area contributed by atoms with Gasteiger partial charge in [0.05, 0.1) is 11.6 Å². The number of rotatable bonds is 5. The molecule has 0 fully saturated rings. The Morgan fingerprint density at radius 2 is 1.60 bits per heavy atom. The van der Waals surface area contributed by atoms with Crippen LogP contribution in [0.2, 0.25) is 0 Å². The van der Waals surface area contributed by atoms with Gasteiger partial charge in [-0.15, -0.1) is 33.3 Å². The molecule has 0 aliphatic carbocycles. The molecule has 5 rings (SSSR count). The Kier molecular flexibility index (Phi) is 6.11. The molecular weight excluding hydrogens is 476 g/mol. The Balaban J connectivity index is 1.67. The lowest BCUT2D eigenvalue weighted by Gasteiger charge is -2.16. The number of nitrogens with zero attached hydrogens (tertiary/aromatic N) is 4. The molecule has 8 heteroatoms. The number of aromatic nitrogens is 3. The zero-order valence-electron chi connectivity index (χ0n) is 20.2. The highest BCUT2D eigenvalue weighted by Gasteiger charge is 2.36. The van der Waals surface area contributed by atoms with E-state index in [0.717, 1.165) is 44.4 Å². The lowest BCUT2D eigenvalue weighted by molar-refractivity contribution is -0.141. The molecule has 1 unspecified atom stereocenters. The molecule has 0 amide bonds. The van der Waals surface area contributed by atoms with Crippen LogP contribution in [0.4, 0.5) is 0 Å². The topological polar surface area (TPSA) is 80.4 Å². The van der Waals surface area contributed by atoms with Crippen molar-refractivity contribution in [1.29, 1.82) is 0 Å². The molecule has 2 aromatic carbocycles. The minimum Gasteiger partial charge on any atom is -0.481 e. The number of thioether (sulfide) groups is 1. The van der Waals surface area contributed by atoms with E-state index in [4.69, 9.17) is 4.99 Å². The highest BCUT2D eigenvalue weighted by molar-refractivity contribution is 7.98. The predicted molar refractivity (Wildman–Crippen MR) is 142 cm³/mol. The third-order valence-corrected chi connectivity index (χ3v) is 8.57. The maximum Gasteiger partial charge on any atom is 0.308 e. The molecule has 1 N–H and O–H groups in total. The van der Waals surface area contributed by atoms with Crippen LogP contribution in [0, 0.1) is 26.7 Å². The van der Waals surface area contributed by atoms with E-state index >= 15 is 0 Å². The molecule has 2 atom stereocenters. The van der Waals surface area contributed by atoms with Crippen LogP contribution < -0.4 is 0 Å². The molecule has 1 aliphatic heterocycles. The number of carboxylic acids is 1. The molecule has 0 saturated heterocycles. The van der Waals surface area contributed by atoms with Crippen LogP contribution in [0.25, 0.3) is 16.1 Å². The first kappa shape index (κ1) is 23.5. The zero-order chi connectivity index (χ0) is 24.9. The number of fused-ring (bicyclic) bond motifs is 3. The average Bonchev–Trinajstić information content (AvgIpc) is 3.33. The maximum atomic E-state index is 12.0. The monoisotopic (exact) mass is 502 g/mol. The number of thiophene rings is 1. The zero-order valence-corrected chi connectivity index (χ0v) is 21.9. The number of aliphatic imine (C=N–C) groups is 1. The second kappa shape index (κ2) is 9.09. The van der Waals surface area contributed by atoms with Crippen LogP contribution in [0.3, 0.4) is 0 Å². The molecule has 0 saturated carbocycles. The second-order valence-electron chi connectivity index (χ2n) is 8.76. The molecular formula is C27H26N4O2S2. The summed E-state index contributed by atoms with van der Waals surface area (Å²) in [7, 11) is 0. The Bertz CT molecular complexity index is 1450. The van der Waals surface area contributed by atoms with Gasteiger partial charge in [-0.05, 0) is 62.8 Å². The first-order valence-electron chi connectivity index (χ1n) is 11.4. The van der Waals surface area contributed by atoms with Crippen molar-refractivity contribution in [2.75, 3.05) is 6.26 Å². The van der Waals surface area contributed by atoms with Crippen LogP contribution in [0.1, 0.15) is 46.2 Å². The van der Waals surface area contributed by atoms with Crippen molar-refractivity contribution >= 4 is 34.8 Å². The molecule has 2 aromatic heterocycles. The quantitative estimate of drug-likeness (QED) is 0.326. The van der Waals surface area contributed by atoms with Crippen LogP contribution in [-0.4, -0.2) is 37.8 Å². The van der Waals surface area contributed by atoms with Gasteiger partial charge < -0.3 is 5.11 Å². The third kappa shape index (κ3) is 4.00. The smallest absolute Gasteiger partial charge is 0.308 e. The van der Waals surface area contributed by atoms with Gasteiger partial charge in [0, 0.05) is 20.9 Å². The van der Waals surface area contributed by atoms with E-state index in [1.165, 1.54) is 9.77 Å². The Morgan fingerprint density at radius 1 is 1.00 bits per heavy atom. The first-order valence-corrected chi connectivity index (χ1v) is 13.4. The SMILES string of the molecule is CSc1ccc(-c2ccc(C3=N[C@@H](C(C)C(=O)O)c4nnc(C)n4-c4sc(C)c(C)c43)cc2)cc1. The lowest BCUT2D eigenvalue weighted by Crippen LogP contribution is -2.21. The number of carboxylic acid groups (broad SMARTS) is 1. The van der Waals surface area contributed by atoms with Gasteiger partial charge in [0.2, 0.25) is 0 Å². The second-order valence-corrected chi connectivity index (χ2v) is 10.8. The number of aryl methyl sites for hydroxylation is 2. The van der Waals surface area contributed by atoms with E-state index in [2.05, 4.69) is 78.8 Å². The van der Waals surface area contributed by atoms with Gasteiger partial charge in [-0.25, -0.2) is 0 Å². The van der Waals surface area contributed by atoms with Gasteiger partial charge in [-0.3, -0.25) is 14.4 Å². The summed E-state index contributed by atoms with van der Waals surface area (Å²) in [6, 6.07) is 16.2. The van der Waals surface area contributed by atoms with Gasteiger partial charge in [-0.1, -0.05) is 36.4 Å². The fraction of sp³-hybridized carbons (Fsp3) is 0.259. The molecule has 1 aliphatic rings. The van der Waals surface area contributed by atoms with E-state index in [9.17, 15) is 9.90 Å². The minimum atomic E-state index is -0.910. The normalized spacial score (nSPS) is 15.7. The first-order chi connectivity index (χ1) is 16.8. The van der Waals surface area contributed by atoms with Crippen molar-refractivity contribution in [3.8, 4) is 16.1 Å². The standard InChI is InChI=1S/C27H26N4O2S2/c1-14-16(3)35-26-22(14)24(28-23(15(2)27(32)33)25-30-29-17(4)31(25)26)20-8-6-18(7-9-20)19-10-12-21(34-5)13-11-19/h6-13,15,23H,1-5H3,(H,32,33)/t15?,23-/m0/s1.